The summed E-state index contributed by atoms with van der Waals surface area (Å²) in [6.45, 7) is 2.27. The number of hydrogen-bond donors (Lipinski definition) is 0. The van der Waals surface area contributed by atoms with Gasteiger partial charge in [0.05, 0.1) is 0 Å². The predicted octanol–water partition coefficient (Wildman–Crippen LogP) is 3.28. The molecule has 0 saturated heterocycles. The van der Waals surface area contributed by atoms with Crippen LogP contribution in [-0.2, 0) is 23.2 Å². The van der Waals surface area contributed by atoms with Gasteiger partial charge in [0.2, 0.25) is 0 Å². The molecule has 0 nitrogen and oxygen atoms in total. The third-order valence-electron chi connectivity index (χ3n) is 2.43. The van der Waals surface area contributed by atoms with Crippen molar-refractivity contribution in [1.82, 2.24) is 0 Å². The molecule has 2 rings (SSSR count). The van der Waals surface area contributed by atoms with E-state index < -0.39 is 0 Å². The minimum atomic E-state index is -0.193. The van der Waals surface area contributed by atoms with Crippen molar-refractivity contribution in [3.05, 3.63) is 41.0 Å². The van der Waals surface area contributed by atoms with E-state index in [0.29, 0.717) is 0 Å². The first-order valence-electron chi connectivity index (χ1n) is 4.27. The molecular weight excluding hydrogens is 223 g/mol. The van der Waals surface area contributed by atoms with E-state index >= 15 is 0 Å². The van der Waals surface area contributed by atoms with Crippen molar-refractivity contribution in [1.29, 1.82) is 0 Å². The molecule has 1 aromatic carbocycles. The van der Waals surface area contributed by atoms with Gasteiger partial charge in [0, 0.05) is 0 Å². The van der Waals surface area contributed by atoms with E-state index in [1.54, 1.807) is 11.1 Å². The van der Waals surface area contributed by atoms with Crippen LogP contribution in [0.1, 0.15) is 21.7 Å². The molecule has 1 unspecified atom stereocenters. The van der Waals surface area contributed by atoms with Gasteiger partial charge in [-0.2, -0.15) is 0 Å². The molecule has 0 heterocycles. The molecule has 1 heteroatoms. The standard InChI is InChI=1S/C10H9.CH3.Zr/c1-8-6-9-4-2-3-5-10(9)7-8;;/h2-7H,1H3;1H3;. The molecule has 1 aliphatic rings. The monoisotopic (exact) mass is 234 g/mol. The second kappa shape index (κ2) is 3.30. The van der Waals surface area contributed by atoms with E-state index in [1.807, 2.05) is 0 Å². The Morgan fingerprint density at radius 3 is 2.75 bits per heavy atom. The van der Waals surface area contributed by atoms with E-state index in [1.165, 1.54) is 5.56 Å². The van der Waals surface area contributed by atoms with Crippen molar-refractivity contribution in [2.75, 3.05) is 0 Å². The zero-order valence-electron chi connectivity index (χ0n) is 7.46. The Morgan fingerprint density at radius 1 is 1.25 bits per heavy atom. The van der Waals surface area contributed by atoms with Crippen molar-refractivity contribution in [2.45, 2.75) is 15.2 Å². The number of fused-ring (bicyclic) bond motifs is 1. The fourth-order valence-electron chi connectivity index (χ4n) is 1.86. The van der Waals surface area contributed by atoms with Crippen molar-refractivity contribution in [3.63, 3.8) is 0 Å². The Kier molecular flexibility index (Phi) is 2.32. The van der Waals surface area contributed by atoms with Gasteiger partial charge >= 0.3 is 85.5 Å². The predicted molar refractivity (Wildman–Crippen MR) is 48.7 cm³/mol. The first-order valence-corrected chi connectivity index (χ1v) is 8.15. The first-order chi connectivity index (χ1) is 5.83. The van der Waals surface area contributed by atoms with Crippen LogP contribution in [0.25, 0.3) is 6.08 Å². The van der Waals surface area contributed by atoms with Crippen molar-refractivity contribution in [3.8, 4) is 0 Å². The summed E-state index contributed by atoms with van der Waals surface area (Å²) in [5.41, 5.74) is 4.64. The van der Waals surface area contributed by atoms with Gasteiger partial charge < -0.3 is 0 Å². The topological polar surface area (TPSA) is 0 Å². The Morgan fingerprint density at radius 2 is 2.00 bits per heavy atom. The summed E-state index contributed by atoms with van der Waals surface area (Å²) in [5.74, 6) is 0. The number of allylic oxidation sites excluding steroid dienone is 1. The maximum atomic E-state index is 2.42. The van der Waals surface area contributed by atoms with Crippen LogP contribution >= 0.6 is 0 Å². The SMILES string of the molecule is [CH3][Zr][CH]1C(C)=Cc2ccccc21. The molecule has 0 aromatic heterocycles. The number of benzene rings is 1. The Hall–Kier alpha value is -0.157. The molecule has 0 fully saturated rings. The van der Waals surface area contributed by atoms with Crippen LogP contribution in [0.3, 0.4) is 0 Å². The normalized spacial score (nSPS) is 20.2. The zero-order chi connectivity index (χ0) is 8.55. The van der Waals surface area contributed by atoms with Gasteiger partial charge in [-0.3, -0.25) is 0 Å². The second-order valence-electron chi connectivity index (χ2n) is 3.24. The number of hydrogen-bond acceptors (Lipinski definition) is 0. The molecule has 0 amide bonds. The van der Waals surface area contributed by atoms with Crippen LogP contribution in [0, 0.1) is 0 Å². The summed E-state index contributed by atoms with van der Waals surface area (Å²) in [6.07, 6.45) is 2.35. The van der Waals surface area contributed by atoms with Gasteiger partial charge in [0.15, 0.2) is 0 Å². The van der Waals surface area contributed by atoms with Gasteiger partial charge in [0.25, 0.3) is 0 Å². The fourth-order valence-corrected chi connectivity index (χ4v) is 4.60. The molecule has 12 heavy (non-hydrogen) atoms. The van der Waals surface area contributed by atoms with Crippen LogP contribution in [0.2, 0.25) is 4.63 Å². The summed E-state index contributed by atoms with van der Waals surface area (Å²) in [5, 5.41) is 0. The van der Waals surface area contributed by atoms with E-state index in [4.69, 9.17) is 0 Å². The molecule has 0 radical (unpaired) electrons. The Balaban J connectivity index is 2.50. The van der Waals surface area contributed by atoms with Crippen LogP contribution < -0.4 is 0 Å². The summed E-state index contributed by atoms with van der Waals surface area (Å²) in [4.78, 5) is 0. The zero-order valence-corrected chi connectivity index (χ0v) is 9.92. The van der Waals surface area contributed by atoms with Crippen LogP contribution in [0.4, 0.5) is 0 Å². The molecule has 1 atom stereocenters. The fraction of sp³-hybridized carbons (Fsp3) is 0.273. The van der Waals surface area contributed by atoms with Crippen LogP contribution in [0.15, 0.2) is 29.8 Å². The third-order valence-corrected chi connectivity index (χ3v) is 5.74. The molecule has 60 valence electrons. The molecule has 1 aliphatic carbocycles. The molecule has 0 N–H and O–H groups in total. The average molecular weight is 235 g/mol. The molecule has 0 spiro atoms. The van der Waals surface area contributed by atoms with Crippen LogP contribution in [-0.4, -0.2) is 0 Å². The van der Waals surface area contributed by atoms with E-state index in [-0.39, 0.29) is 23.2 Å². The van der Waals surface area contributed by atoms with Crippen molar-refractivity contribution in [2.24, 2.45) is 0 Å². The third kappa shape index (κ3) is 1.25. The van der Waals surface area contributed by atoms with Gasteiger partial charge in [-0.05, 0) is 0 Å². The second-order valence-corrected chi connectivity index (χ2v) is 6.08. The Bertz CT molecular complexity index is 326. The molecule has 0 aliphatic heterocycles. The Labute approximate surface area is 85.3 Å². The summed E-state index contributed by atoms with van der Waals surface area (Å²) in [7, 11) is 0. The average Bonchev–Trinajstić information content (AvgIpc) is 2.40. The van der Waals surface area contributed by atoms with Crippen LogP contribution in [0.5, 0.6) is 0 Å². The summed E-state index contributed by atoms with van der Waals surface area (Å²) >= 11 is -0.193. The van der Waals surface area contributed by atoms with Gasteiger partial charge in [0.1, 0.15) is 0 Å². The number of rotatable bonds is 1. The molecule has 1 aromatic rings. The first kappa shape index (κ1) is 8.44. The molecular formula is C11H12Zr. The summed E-state index contributed by atoms with van der Waals surface area (Å²) < 4.78 is 3.28. The van der Waals surface area contributed by atoms with Crippen molar-refractivity contribution < 1.29 is 23.2 Å². The molecule has 0 saturated carbocycles. The summed E-state index contributed by atoms with van der Waals surface area (Å²) in [6, 6.07) is 8.81. The van der Waals surface area contributed by atoms with E-state index in [2.05, 4.69) is 41.9 Å². The molecule has 0 bridgehead atoms. The van der Waals surface area contributed by atoms with E-state index in [9.17, 15) is 0 Å². The van der Waals surface area contributed by atoms with Gasteiger partial charge in [-0.15, -0.1) is 0 Å². The maximum absolute atomic E-state index is 2.42. The van der Waals surface area contributed by atoms with E-state index in [0.717, 1.165) is 3.63 Å². The van der Waals surface area contributed by atoms with Crippen molar-refractivity contribution >= 4 is 6.08 Å². The van der Waals surface area contributed by atoms with Gasteiger partial charge in [-0.1, -0.05) is 0 Å². The minimum absolute atomic E-state index is 0.193. The van der Waals surface area contributed by atoms with Gasteiger partial charge in [-0.25, -0.2) is 0 Å². The quantitative estimate of drug-likeness (QED) is 0.701.